The van der Waals surface area contributed by atoms with Crippen LogP contribution in [0.15, 0.2) is 30.5 Å². The third-order valence-electron chi connectivity index (χ3n) is 2.98. The lowest BCUT2D eigenvalue weighted by Gasteiger charge is -2.20. The molecular weight excluding hydrogens is 204 g/mol. The van der Waals surface area contributed by atoms with Crippen LogP contribution in [0, 0.1) is 0 Å². The largest absolute Gasteiger partial charge is 0.339 e. The van der Waals surface area contributed by atoms with Crippen molar-refractivity contribution >= 4 is 22.3 Å². The second-order valence-electron chi connectivity index (χ2n) is 3.88. The maximum atomic E-state index is 9.94. The van der Waals surface area contributed by atoms with Gasteiger partial charge in [0.25, 0.3) is 0 Å². The number of hydroxylamine groups is 1. The Morgan fingerprint density at radius 1 is 1.38 bits per heavy atom. The highest BCUT2D eigenvalue weighted by Crippen LogP contribution is 2.40. The van der Waals surface area contributed by atoms with Crippen molar-refractivity contribution in [2.24, 2.45) is 5.73 Å². The first kappa shape index (κ1) is 9.38. The molecule has 5 heteroatoms. The van der Waals surface area contributed by atoms with Crippen LogP contribution in [0.1, 0.15) is 0 Å². The van der Waals surface area contributed by atoms with Gasteiger partial charge in [0.1, 0.15) is 5.69 Å². The molecule has 1 aromatic heterocycles. The molecule has 0 fully saturated rings. The van der Waals surface area contributed by atoms with Crippen LogP contribution in [0.25, 0.3) is 10.9 Å². The molecule has 1 aliphatic rings. The number of anilines is 2. The zero-order valence-electron chi connectivity index (χ0n) is 8.83. The van der Waals surface area contributed by atoms with E-state index in [2.05, 4.69) is 4.98 Å². The second kappa shape index (κ2) is 3.07. The van der Waals surface area contributed by atoms with Crippen molar-refractivity contribution in [3.63, 3.8) is 0 Å². The molecule has 1 aromatic carbocycles. The summed E-state index contributed by atoms with van der Waals surface area (Å²) in [7, 11) is 1.84. The summed E-state index contributed by atoms with van der Waals surface area (Å²) in [5, 5.41) is 12.0. The molecule has 0 radical (unpaired) electrons. The minimum atomic E-state index is -0.553. The molecule has 0 aliphatic carbocycles. The van der Waals surface area contributed by atoms with Gasteiger partial charge in [-0.05, 0) is 12.1 Å². The molecule has 1 unspecified atom stereocenters. The summed E-state index contributed by atoms with van der Waals surface area (Å²) in [6.07, 6.45) is 1.16. The number of fused-ring (bicyclic) bond motifs is 3. The predicted octanol–water partition coefficient (Wildman–Crippen LogP) is 1.12. The molecule has 82 valence electrons. The zero-order chi connectivity index (χ0) is 11.3. The molecule has 16 heavy (non-hydrogen) atoms. The summed E-state index contributed by atoms with van der Waals surface area (Å²) in [5.74, 6) is 0. The number of rotatable bonds is 0. The number of nitrogens with zero attached hydrogens (tertiary/aromatic N) is 3. The van der Waals surface area contributed by atoms with Gasteiger partial charge in [-0.2, -0.15) is 0 Å². The number of nitrogens with two attached hydrogens (primary N) is 1. The van der Waals surface area contributed by atoms with Crippen molar-refractivity contribution in [2.75, 3.05) is 17.0 Å². The predicted molar refractivity (Wildman–Crippen MR) is 62.4 cm³/mol. The number of hydrogen-bond donors (Lipinski definition) is 2. The average molecular weight is 216 g/mol. The first-order valence-electron chi connectivity index (χ1n) is 5.04. The van der Waals surface area contributed by atoms with Gasteiger partial charge in [-0.3, -0.25) is 15.9 Å². The maximum Gasteiger partial charge on any atom is 0.179 e. The molecule has 2 aromatic rings. The second-order valence-corrected chi connectivity index (χ2v) is 3.88. The molecule has 1 aliphatic heterocycles. The Bertz CT molecular complexity index is 557. The zero-order valence-corrected chi connectivity index (χ0v) is 8.83. The van der Waals surface area contributed by atoms with E-state index in [1.54, 1.807) is 6.20 Å². The van der Waals surface area contributed by atoms with E-state index in [0.717, 1.165) is 21.7 Å². The van der Waals surface area contributed by atoms with E-state index >= 15 is 0 Å². The Kier molecular flexibility index (Phi) is 1.80. The van der Waals surface area contributed by atoms with Crippen LogP contribution in [0.4, 0.5) is 11.4 Å². The van der Waals surface area contributed by atoms with Gasteiger partial charge in [0.15, 0.2) is 6.29 Å². The highest BCUT2D eigenvalue weighted by Gasteiger charge is 2.32. The number of benzene rings is 1. The third-order valence-corrected chi connectivity index (χ3v) is 2.98. The fourth-order valence-electron chi connectivity index (χ4n) is 2.07. The Morgan fingerprint density at radius 3 is 3.00 bits per heavy atom. The monoisotopic (exact) mass is 216 g/mol. The van der Waals surface area contributed by atoms with Crippen LogP contribution >= 0.6 is 0 Å². The van der Waals surface area contributed by atoms with Gasteiger partial charge >= 0.3 is 0 Å². The molecule has 3 N–H and O–H groups in total. The van der Waals surface area contributed by atoms with Gasteiger partial charge in [0.05, 0.1) is 11.2 Å². The first-order chi connectivity index (χ1) is 7.70. The Hall–Kier alpha value is -1.85. The Morgan fingerprint density at radius 2 is 2.19 bits per heavy atom. The van der Waals surface area contributed by atoms with Crippen LogP contribution < -0.4 is 15.7 Å². The van der Waals surface area contributed by atoms with Crippen molar-refractivity contribution < 1.29 is 5.21 Å². The lowest BCUT2D eigenvalue weighted by atomic mass is 10.1. The van der Waals surface area contributed by atoms with Crippen molar-refractivity contribution in [3.8, 4) is 0 Å². The lowest BCUT2D eigenvalue weighted by molar-refractivity contribution is 0.227. The van der Waals surface area contributed by atoms with E-state index in [1.807, 2.05) is 36.2 Å². The van der Waals surface area contributed by atoms with E-state index in [9.17, 15) is 5.21 Å². The van der Waals surface area contributed by atoms with Crippen LogP contribution in [0.2, 0.25) is 0 Å². The van der Waals surface area contributed by atoms with Crippen LogP contribution in [-0.2, 0) is 0 Å². The smallest absolute Gasteiger partial charge is 0.179 e. The third kappa shape index (κ3) is 1.04. The quantitative estimate of drug-likeness (QED) is 0.691. The summed E-state index contributed by atoms with van der Waals surface area (Å²) >= 11 is 0. The minimum Gasteiger partial charge on any atom is -0.339 e. The molecule has 1 atom stereocenters. The summed E-state index contributed by atoms with van der Waals surface area (Å²) in [4.78, 5) is 6.10. The molecule has 5 nitrogen and oxygen atoms in total. The van der Waals surface area contributed by atoms with Crippen molar-refractivity contribution in [2.45, 2.75) is 6.29 Å². The molecule has 0 saturated carbocycles. The highest BCUT2D eigenvalue weighted by molar-refractivity contribution is 5.99. The summed E-state index contributed by atoms with van der Waals surface area (Å²) in [5.41, 5.74) is 8.17. The molecule has 2 heterocycles. The Labute approximate surface area is 92.7 Å². The van der Waals surface area contributed by atoms with E-state index < -0.39 is 6.29 Å². The first-order valence-corrected chi connectivity index (χ1v) is 5.04. The van der Waals surface area contributed by atoms with Gasteiger partial charge in [-0.1, -0.05) is 12.1 Å². The normalized spacial score (nSPS) is 19.3. The summed E-state index contributed by atoms with van der Waals surface area (Å²) < 4.78 is 0. The number of hydrogen-bond acceptors (Lipinski definition) is 5. The van der Waals surface area contributed by atoms with Crippen molar-refractivity contribution in [1.82, 2.24) is 4.98 Å². The van der Waals surface area contributed by atoms with Gasteiger partial charge in [-0.25, -0.2) is 5.06 Å². The molecule has 0 bridgehead atoms. The summed E-state index contributed by atoms with van der Waals surface area (Å²) in [6, 6.07) is 7.74. The van der Waals surface area contributed by atoms with Gasteiger partial charge in [0.2, 0.25) is 0 Å². The standard InChI is InChI=1S/C11H12N4O/c1-14-8-5-4-7-3-2-6-13-9(7)10(8)15(16)11(14)12/h2-6,11,16H,12H2,1H3. The van der Waals surface area contributed by atoms with Crippen LogP contribution in [0.3, 0.4) is 0 Å². The number of pyridine rings is 1. The van der Waals surface area contributed by atoms with Gasteiger partial charge in [0, 0.05) is 18.6 Å². The van der Waals surface area contributed by atoms with Crippen molar-refractivity contribution in [3.05, 3.63) is 30.5 Å². The average Bonchev–Trinajstić information content (AvgIpc) is 2.55. The molecule has 3 rings (SSSR count). The maximum absolute atomic E-state index is 9.94. The van der Waals surface area contributed by atoms with Crippen molar-refractivity contribution in [1.29, 1.82) is 0 Å². The topological polar surface area (TPSA) is 65.6 Å². The molecule has 0 saturated heterocycles. The van der Waals surface area contributed by atoms with E-state index in [4.69, 9.17) is 5.73 Å². The fourth-order valence-corrected chi connectivity index (χ4v) is 2.07. The Balaban J connectivity index is 2.36. The minimum absolute atomic E-state index is 0.553. The van der Waals surface area contributed by atoms with E-state index in [1.165, 1.54) is 0 Å². The van der Waals surface area contributed by atoms with Gasteiger partial charge in [-0.15, -0.1) is 0 Å². The molecule has 0 amide bonds. The lowest BCUT2D eigenvalue weighted by Crippen LogP contribution is -2.46. The highest BCUT2D eigenvalue weighted by atomic mass is 16.5. The number of aromatic nitrogens is 1. The molecule has 0 spiro atoms. The fraction of sp³-hybridized carbons (Fsp3) is 0.182. The van der Waals surface area contributed by atoms with Crippen LogP contribution in [0.5, 0.6) is 0 Å². The SMILES string of the molecule is CN1c2ccc3cccnc3c2N(O)C1N. The molecular formula is C11H12N4O. The van der Waals surface area contributed by atoms with Crippen LogP contribution in [-0.4, -0.2) is 23.5 Å². The van der Waals surface area contributed by atoms with E-state index in [0.29, 0.717) is 5.69 Å². The van der Waals surface area contributed by atoms with Gasteiger partial charge < -0.3 is 4.90 Å². The van der Waals surface area contributed by atoms with E-state index in [-0.39, 0.29) is 0 Å². The summed E-state index contributed by atoms with van der Waals surface area (Å²) in [6.45, 7) is 0.